The Labute approximate surface area is 344 Å². The first kappa shape index (κ1) is 43.6. The first-order valence-corrected chi connectivity index (χ1v) is 25.4. The highest BCUT2D eigenvalue weighted by Crippen LogP contribution is 2.60. The smallest absolute Gasteiger partial charge is 0.113 e. The molecule has 5 heteroatoms. The van der Waals surface area contributed by atoms with E-state index < -0.39 is 0 Å². The standard InChI is InChI=1S/C49H76N2S3/c1-5-7-9-11-13-15-17-19-21-23-25-27-29-31-35-49(36-32-30-28-26-24-22-20-18-16-14-12-10-8-6-2)42-37-40(4)52-47(42)48-43(49)38-44(53-48)41-34-33-39(3)45-46(41)51-54-50-45/h33-34,37-38H,5-32,35-36H2,1-4H3. The second-order valence-electron chi connectivity index (χ2n) is 17.1. The van der Waals surface area contributed by atoms with Crippen molar-refractivity contribution >= 4 is 45.4 Å². The summed E-state index contributed by atoms with van der Waals surface area (Å²) in [5.74, 6) is 0. The van der Waals surface area contributed by atoms with E-state index in [0.29, 0.717) is 0 Å². The van der Waals surface area contributed by atoms with E-state index in [1.54, 1.807) is 20.9 Å². The normalized spacial score (nSPS) is 13.3. The van der Waals surface area contributed by atoms with Crippen molar-refractivity contribution in [3.63, 3.8) is 0 Å². The zero-order chi connectivity index (χ0) is 37.9. The first-order valence-electron chi connectivity index (χ1n) is 23.1. The van der Waals surface area contributed by atoms with Crippen LogP contribution in [-0.4, -0.2) is 8.75 Å². The predicted molar refractivity (Wildman–Crippen MR) is 244 cm³/mol. The second kappa shape index (κ2) is 24.3. The van der Waals surface area contributed by atoms with Gasteiger partial charge in [0.2, 0.25) is 0 Å². The molecule has 0 unspecified atom stereocenters. The summed E-state index contributed by atoms with van der Waals surface area (Å²) in [5, 5.41) is 0. The van der Waals surface area contributed by atoms with Crippen molar-refractivity contribution in [1.82, 2.24) is 8.75 Å². The van der Waals surface area contributed by atoms with E-state index in [1.165, 1.54) is 225 Å². The van der Waals surface area contributed by atoms with E-state index >= 15 is 0 Å². The lowest BCUT2D eigenvalue weighted by atomic mass is 9.71. The van der Waals surface area contributed by atoms with Crippen LogP contribution in [0.3, 0.4) is 0 Å². The van der Waals surface area contributed by atoms with Crippen LogP contribution in [0.1, 0.15) is 228 Å². The van der Waals surface area contributed by atoms with Crippen molar-refractivity contribution in [3.05, 3.63) is 45.8 Å². The summed E-state index contributed by atoms with van der Waals surface area (Å²) in [6.45, 7) is 9.13. The van der Waals surface area contributed by atoms with E-state index in [9.17, 15) is 0 Å². The number of nitrogens with zero attached hydrogens (tertiary/aromatic N) is 2. The molecule has 0 N–H and O–H groups in total. The molecule has 2 nitrogen and oxygen atoms in total. The van der Waals surface area contributed by atoms with Gasteiger partial charge in [-0.15, -0.1) is 22.7 Å². The molecule has 0 aliphatic heterocycles. The average Bonchev–Trinajstić information content (AvgIpc) is 3.97. The van der Waals surface area contributed by atoms with Crippen LogP contribution in [0, 0.1) is 13.8 Å². The van der Waals surface area contributed by atoms with Gasteiger partial charge >= 0.3 is 0 Å². The average molecular weight is 789 g/mol. The van der Waals surface area contributed by atoms with Gasteiger partial charge in [-0.1, -0.05) is 206 Å². The highest BCUT2D eigenvalue weighted by atomic mass is 32.1. The van der Waals surface area contributed by atoms with Crippen LogP contribution in [0.25, 0.3) is 31.2 Å². The van der Waals surface area contributed by atoms with Crippen LogP contribution in [0.2, 0.25) is 0 Å². The third kappa shape index (κ3) is 12.5. The van der Waals surface area contributed by atoms with Crippen LogP contribution in [0.15, 0.2) is 24.3 Å². The Morgan fingerprint density at radius 3 is 1.35 bits per heavy atom. The lowest BCUT2D eigenvalue weighted by Gasteiger charge is -2.31. The van der Waals surface area contributed by atoms with E-state index in [-0.39, 0.29) is 5.41 Å². The molecule has 0 radical (unpaired) electrons. The van der Waals surface area contributed by atoms with E-state index in [2.05, 4.69) is 56.3 Å². The fourth-order valence-corrected chi connectivity index (χ4v) is 12.5. The van der Waals surface area contributed by atoms with E-state index in [1.807, 2.05) is 22.7 Å². The van der Waals surface area contributed by atoms with Crippen LogP contribution >= 0.6 is 34.4 Å². The van der Waals surface area contributed by atoms with Gasteiger partial charge in [-0.25, -0.2) is 0 Å². The van der Waals surface area contributed by atoms with Gasteiger partial charge < -0.3 is 0 Å². The summed E-state index contributed by atoms with van der Waals surface area (Å²) >= 11 is 5.44. The number of thiophene rings is 2. The lowest BCUT2D eigenvalue weighted by Crippen LogP contribution is -2.25. The molecule has 5 rings (SSSR count). The van der Waals surface area contributed by atoms with Crippen molar-refractivity contribution in [2.24, 2.45) is 0 Å². The monoisotopic (exact) mass is 789 g/mol. The molecule has 0 saturated carbocycles. The molecule has 4 aromatic rings. The van der Waals surface area contributed by atoms with Gasteiger partial charge in [-0.05, 0) is 55.5 Å². The molecule has 54 heavy (non-hydrogen) atoms. The van der Waals surface area contributed by atoms with Gasteiger partial charge in [0, 0.05) is 30.5 Å². The quantitative estimate of drug-likeness (QED) is 0.0475. The predicted octanol–water partition coefficient (Wildman–Crippen LogP) is 18.1. The molecule has 0 amide bonds. The maximum Gasteiger partial charge on any atom is 0.113 e. The molecular formula is C49H76N2S3. The Bertz CT molecular complexity index is 1580. The molecule has 0 saturated heterocycles. The fraction of sp³-hybridized carbons (Fsp3) is 0.714. The Balaban J connectivity index is 1.15. The Morgan fingerprint density at radius 1 is 0.463 bits per heavy atom. The van der Waals surface area contributed by atoms with Crippen LogP contribution < -0.4 is 0 Å². The zero-order valence-corrected chi connectivity index (χ0v) is 37.6. The van der Waals surface area contributed by atoms with Crippen molar-refractivity contribution in [1.29, 1.82) is 0 Å². The van der Waals surface area contributed by atoms with Crippen molar-refractivity contribution in [2.45, 2.75) is 226 Å². The molecule has 3 aromatic heterocycles. The van der Waals surface area contributed by atoms with E-state index in [4.69, 9.17) is 4.37 Å². The Hall–Kier alpha value is -1.56. The zero-order valence-electron chi connectivity index (χ0n) is 35.1. The molecule has 0 atom stereocenters. The summed E-state index contributed by atoms with van der Waals surface area (Å²) in [5.41, 5.74) is 8.16. The summed E-state index contributed by atoms with van der Waals surface area (Å²) < 4.78 is 9.48. The lowest BCUT2D eigenvalue weighted by molar-refractivity contribution is 0.397. The van der Waals surface area contributed by atoms with Crippen molar-refractivity contribution < 1.29 is 0 Å². The van der Waals surface area contributed by atoms with Gasteiger partial charge in [0.1, 0.15) is 11.0 Å². The summed E-state index contributed by atoms with van der Waals surface area (Å²) in [4.78, 5) is 6.01. The van der Waals surface area contributed by atoms with E-state index in [0.717, 1.165) is 11.0 Å². The largest absolute Gasteiger partial charge is 0.173 e. The van der Waals surface area contributed by atoms with Gasteiger partial charge in [-0.3, -0.25) is 0 Å². The molecule has 3 heterocycles. The second-order valence-corrected chi connectivity index (χ2v) is 20.0. The van der Waals surface area contributed by atoms with Crippen LogP contribution in [0.5, 0.6) is 0 Å². The number of hydrogen-bond acceptors (Lipinski definition) is 5. The van der Waals surface area contributed by atoms with Gasteiger partial charge in [0.25, 0.3) is 0 Å². The minimum Gasteiger partial charge on any atom is -0.173 e. The minimum atomic E-state index is 0.169. The molecule has 300 valence electrons. The van der Waals surface area contributed by atoms with Crippen LogP contribution in [-0.2, 0) is 5.41 Å². The summed E-state index contributed by atoms with van der Waals surface area (Å²) in [7, 11) is 0. The number of hydrogen-bond donors (Lipinski definition) is 0. The number of fused-ring (bicyclic) bond motifs is 4. The third-order valence-electron chi connectivity index (χ3n) is 12.6. The summed E-state index contributed by atoms with van der Waals surface area (Å²) in [6.07, 6.45) is 42.4. The number of rotatable bonds is 31. The molecule has 1 aliphatic rings. The maximum absolute atomic E-state index is 4.80. The van der Waals surface area contributed by atoms with Gasteiger partial charge in [0.15, 0.2) is 0 Å². The Morgan fingerprint density at radius 2 is 0.870 bits per heavy atom. The molecule has 1 aromatic carbocycles. The molecule has 1 aliphatic carbocycles. The molecule has 0 fully saturated rings. The number of unbranched alkanes of at least 4 members (excludes halogenated alkanes) is 26. The van der Waals surface area contributed by atoms with Crippen molar-refractivity contribution in [3.8, 4) is 20.2 Å². The Kier molecular flexibility index (Phi) is 19.6. The van der Waals surface area contributed by atoms with Gasteiger partial charge in [-0.2, -0.15) is 8.75 Å². The SMILES string of the molecule is CCCCCCCCCCCCCCCCC1(CCCCCCCCCCCCCCCC)c2cc(C)sc2-c2sc(-c3ccc(C)c4nsnc34)cc21. The fourth-order valence-electron chi connectivity index (χ4n) is 9.33. The molecule has 0 bridgehead atoms. The summed E-state index contributed by atoms with van der Waals surface area (Å²) in [6, 6.07) is 9.76. The first-order chi connectivity index (χ1) is 26.6. The van der Waals surface area contributed by atoms with Crippen LogP contribution in [0.4, 0.5) is 0 Å². The number of benzene rings is 1. The highest BCUT2D eigenvalue weighted by molar-refractivity contribution is 7.24. The number of aromatic nitrogens is 2. The highest BCUT2D eigenvalue weighted by Gasteiger charge is 2.45. The molecular weight excluding hydrogens is 713 g/mol. The van der Waals surface area contributed by atoms with Gasteiger partial charge in [0.05, 0.1) is 11.7 Å². The maximum atomic E-state index is 4.80. The minimum absolute atomic E-state index is 0.169. The van der Waals surface area contributed by atoms with Crippen molar-refractivity contribution in [2.75, 3.05) is 0 Å². The number of aryl methyl sites for hydroxylation is 2. The topological polar surface area (TPSA) is 25.8 Å². The third-order valence-corrected chi connectivity index (χ3v) is 15.5. The molecule has 0 spiro atoms.